The highest BCUT2D eigenvalue weighted by Crippen LogP contribution is 2.21. The molecular formula is C14H18FN. The van der Waals surface area contributed by atoms with E-state index in [0.29, 0.717) is 17.4 Å². The second kappa shape index (κ2) is 5.26. The Labute approximate surface area is 96.4 Å². The van der Waals surface area contributed by atoms with Gasteiger partial charge in [0.25, 0.3) is 0 Å². The van der Waals surface area contributed by atoms with Gasteiger partial charge in [-0.1, -0.05) is 37.3 Å². The van der Waals surface area contributed by atoms with E-state index in [-0.39, 0.29) is 5.82 Å². The molecule has 1 aromatic carbocycles. The SMILES string of the molecule is CC1CNCCC1C=Cc1ccccc1F. The third kappa shape index (κ3) is 2.70. The molecule has 0 radical (unpaired) electrons. The van der Waals surface area contributed by atoms with E-state index in [1.165, 1.54) is 6.07 Å². The lowest BCUT2D eigenvalue weighted by Gasteiger charge is -2.26. The van der Waals surface area contributed by atoms with E-state index in [1.54, 1.807) is 6.07 Å². The number of rotatable bonds is 2. The molecule has 2 heteroatoms. The topological polar surface area (TPSA) is 12.0 Å². The minimum atomic E-state index is -0.139. The molecule has 0 bridgehead atoms. The Hall–Kier alpha value is -1.15. The zero-order chi connectivity index (χ0) is 11.4. The van der Waals surface area contributed by atoms with E-state index in [4.69, 9.17) is 0 Å². The van der Waals surface area contributed by atoms with Gasteiger partial charge in [-0.05, 0) is 37.4 Å². The van der Waals surface area contributed by atoms with Crippen LogP contribution in [0.4, 0.5) is 4.39 Å². The fourth-order valence-corrected chi connectivity index (χ4v) is 2.16. The Morgan fingerprint density at radius 1 is 1.38 bits per heavy atom. The number of hydrogen-bond donors (Lipinski definition) is 1. The summed E-state index contributed by atoms with van der Waals surface area (Å²) >= 11 is 0. The normalized spacial score (nSPS) is 26.1. The third-order valence-electron chi connectivity index (χ3n) is 3.28. The highest BCUT2D eigenvalue weighted by atomic mass is 19.1. The van der Waals surface area contributed by atoms with Gasteiger partial charge in [-0.3, -0.25) is 0 Å². The largest absolute Gasteiger partial charge is 0.316 e. The molecule has 0 amide bonds. The standard InChI is InChI=1S/C14H18FN/c1-11-10-16-9-8-12(11)6-7-13-4-2-3-5-14(13)15/h2-7,11-12,16H,8-10H2,1H3. The molecule has 1 aliphatic rings. The number of allylic oxidation sites excluding steroid dienone is 1. The monoisotopic (exact) mass is 219 g/mol. The molecule has 0 spiro atoms. The highest BCUT2D eigenvalue weighted by Gasteiger charge is 2.17. The summed E-state index contributed by atoms with van der Waals surface area (Å²) in [5.41, 5.74) is 0.688. The van der Waals surface area contributed by atoms with Crippen molar-refractivity contribution in [2.75, 3.05) is 13.1 Å². The fourth-order valence-electron chi connectivity index (χ4n) is 2.16. The minimum absolute atomic E-state index is 0.139. The van der Waals surface area contributed by atoms with Crippen molar-refractivity contribution >= 4 is 6.08 Å². The lowest BCUT2D eigenvalue weighted by atomic mass is 9.87. The molecule has 1 nitrogen and oxygen atoms in total. The van der Waals surface area contributed by atoms with Gasteiger partial charge < -0.3 is 5.32 Å². The van der Waals surface area contributed by atoms with Crippen molar-refractivity contribution < 1.29 is 4.39 Å². The second-order valence-electron chi connectivity index (χ2n) is 4.51. The summed E-state index contributed by atoms with van der Waals surface area (Å²) in [6.45, 7) is 4.37. The van der Waals surface area contributed by atoms with E-state index >= 15 is 0 Å². The van der Waals surface area contributed by atoms with Crippen LogP contribution in [0.25, 0.3) is 6.08 Å². The summed E-state index contributed by atoms with van der Waals surface area (Å²) in [6, 6.07) is 6.91. The van der Waals surface area contributed by atoms with Gasteiger partial charge in [-0.25, -0.2) is 4.39 Å². The van der Waals surface area contributed by atoms with Crippen molar-refractivity contribution in [3.8, 4) is 0 Å². The Balaban J connectivity index is 2.06. The first-order chi connectivity index (χ1) is 7.77. The van der Waals surface area contributed by atoms with Gasteiger partial charge in [0.2, 0.25) is 0 Å². The molecule has 1 aliphatic heterocycles. The maximum absolute atomic E-state index is 13.4. The molecular weight excluding hydrogens is 201 g/mol. The van der Waals surface area contributed by atoms with Crippen LogP contribution in [0.3, 0.4) is 0 Å². The van der Waals surface area contributed by atoms with Crippen molar-refractivity contribution in [2.24, 2.45) is 11.8 Å². The Morgan fingerprint density at radius 3 is 2.94 bits per heavy atom. The molecule has 1 N–H and O–H groups in total. The number of nitrogens with one attached hydrogen (secondary N) is 1. The lowest BCUT2D eigenvalue weighted by molar-refractivity contribution is 0.326. The van der Waals surface area contributed by atoms with Crippen LogP contribution in [0, 0.1) is 17.7 Å². The summed E-state index contributed by atoms with van der Waals surface area (Å²) in [5, 5.41) is 3.37. The number of hydrogen-bond acceptors (Lipinski definition) is 1. The van der Waals surface area contributed by atoms with Crippen molar-refractivity contribution in [3.63, 3.8) is 0 Å². The van der Waals surface area contributed by atoms with Crippen molar-refractivity contribution in [1.29, 1.82) is 0 Å². The highest BCUT2D eigenvalue weighted by molar-refractivity contribution is 5.50. The Morgan fingerprint density at radius 2 is 2.19 bits per heavy atom. The fraction of sp³-hybridized carbons (Fsp3) is 0.429. The first kappa shape index (κ1) is 11.3. The molecule has 1 heterocycles. The molecule has 1 aromatic rings. The number of halogens is 1. The quantitative estimate of drug-likeness (QED) is 0.806. The molecule has 86 valence electrons. The maximum Gasteiger partial charge on any atom is 0.130 e. The van der Waals surface area contributed by atoms with Crippen LogP contribution in [-0.4, -0.2) is 13.1 Å². The first-order valence-corrected chi connectivity index (χ1v) is 5.91. The summed E-state index contributed by atoms with van der Waals surface area (Å²) in [5.74, 6) is 1.07. The summed E-state index contributed by atoms with van der Waals surface area (Å²) in [4.78, 5) is 0. The summed E-state index contributed by atoms with van der Waals surface area (Å²) in [6.07, 6.45) is 5.22. The molecule has 1 saturated heterocycles. The van der Waals surface area contributed by atoms with Gasteiger partial charge in [-0.15, -0.1) is 0 Å². The van der Waals surface area contributed by atoms with Gasteiger partial charge in [0.05, 0.1) is 0 Å². The van der Waals surface area contributed by atoms with Crippen LogP contribution < -0.4 is 5.32 Å². The van der Waals surface area contributed by atoms with E-state index in [2.05, 4.69) is 18.3 Å². The van der Waals surface area contributed by atoms with Gasteiger partial charge in [0, 0.05) is 5.56 Å². The zero-order valence-corrected chi connectivity index (χ0v) is 9.62. The van der Waals surface area contributed by atoms with Gasteiger partial charge in [-0.2, -0.15) is 0 Å². The van der Waals surface area contributed by atoms with Crippen LogP contribution in [0.5, 0.6) is 0 Å². The van der Waals surface area contributed by atoms with Crippen molar-refractivity contribution in [1.82, 2.24) is 5.32 Å². The van der Waals surface area contributed by atoms with Crippen molar-refractivity contribution in [3.05, 3.63) is 41.7 Å². The van der Waals surface area contributed by atoms with Crippen LogP contribution in [0.1, 0.15) is 18.9 Å². The molecule has 2 atom stereocenters. The lowest BCUT2D eigenvalue weighted by Crippen LogP contribution is -2.34. The average Bonchev–Trinajstić information content (AvgIpc) is 2.30. The van der Waals surface area contributed by atoms with Gasteiger partial charge >= 0.3 is 0 Å². The molecule has 2 rings (SSSR count). The van der Waals surface area contributed by atoms with E-state index in [1.807, 2.05) is 18.2 Å². The Bertz CT molecular complexity index is 373. The molecule has 1 fully saturated rings. The molecule has 16 heavy (non-hydrogen) atoms. The third-order valence-corrected chi connectivity index (χ3v) is 3.28. The average molecular weight is 219 g/mol. The van der Waals surface area contributed by atoms with Crippen molar-refractivity contribution in [2.45, 2.75) is 13.3 Å². The smallest absolute Gasteiger partial charge is 0.130 e. The first-order valence-electron chi connectivity index (χ1n) is 5.91. The molecule has 0 saturated carbocycles. The Kier molecular flexibility index (Phi) is 3.73. The summed E-state index contributed by atoms with van der Waals surface area (Å²) < 4.78 is 13.4. The van der Waals surface area contributed by atoms with Crippen LogP contribution >= 0.6 is 0 Å². The van der Waals surface area contributed by atoms with Gasteiger partial charge in [0.15, 0.2) is 0 Å². The van der Waals surface area contributed by atoms with Crippen LogP contribution in [-0.2, 0) is 0 Å². The van der Waals surface area contributed by atoms with E-state index in [9.17, 15) is 4.39 Å². The van der Waals surface area contributed by atoms with Crippen LogP contribution in [0.15, 0.2) is 30.3 Å². The molecule has 2 unspecified atom stereocenters. The predicted molar refractivity (Wildman–Crippen MR) is 65.6 cm³/mol. The maximum atomic E-state index is 13.4. The van der Waals surface area contributed by atoms with E-state index in [0.717, 1.165) is 19.5 Å². The van der Waals surface area contributed by atoms with Crippen LogP contribution in [0.2, 0.25) is 0 Å². The number of benzene rings is 1. The molecule has 0 aromatic heterocycles. The second-order valence-corrected chi connectivity index (χ2v) is 4.51. The zero-order valence-electron chi connectivity index (χ0n) is 9.62. The van der Waals surface area contributed by atoms with E-state index < -0.39 is 0 Å². The minimum Gasteiger partial charge on any atom is -0.316 e. The molecule has 0 aliphatic carbocycles. The van der Waals surface area contributed by atoms with Gasteiger partial charge in [0.1, 0.15) is 5.82 Å². The summed E-state index contributed by atoms with van der Waals surface area (Å²) in [7, 11) is 0. The number of piperidine rings is 1. The predicted octanol–water partition coefficient (Wildman–Crippen LogP) is 3.08.